The third-order valence-corrected chi connectivity index (χ3v) is 7.79. The molecule has 0 saturated heterocycles. The minimum Gasteiger partial charge on any atom is -0.497 e. The summed E-state index contributed by atoms with van der Waals surface area (Å²) in [6, 6.07) is 8.51. The SMILES string of the molecule is CC[C@H](C)NC(=O)[C@H](CC)N(Cc1ccc(Cl)cc1Cl)C(=O)CN(c1cc(OC)ccc1OC)S(C)(=O)=O. The zero-order chi connectivity index (χ0) is 28.6. The van der Waals surface area contributed by atoms with E-state index in [4.69, 9.17) is 32.7 Å². The summed E-state index contributed by atoms with van der Waals surface area (Å²) in [5.74, 6) is -0.327. The third kappa shape index (κ3) is 8.15. The normalized spacial score (nSPS) is 12.8. The van der Waals surface area contributed by atoms with Gasteiger partial charge in [-0.25, -0.2) is 8.42 Å². The molecule has 0 aliphatic rings. The Morgan fingerprint density at radius 3 is 2.24 bits per heavy atom. The van der Waals surface area contributed by atoms with Crippen molar-refractivity contribution in [2.24, 2.45) is 0 Å². The summed E-state index contributed by atoms with van der Waals surface area (Å²) in [5, 5.41) is 3.66. The lowest BCUT2D eigenvalue weighted by molar-refractivity contribution is -0.140. The average molecular weight is 589 g/mol. The molecular weight excluding hydrogens is 553 g/mol. The van der Waals surface area contributed by atoms with Crippen LogP contribution in [0.2, 0.25) is 10.0 Å². The highest BCUT2D eigenvalue weighted by Gasteiger charge is 2.33. The van der Waals surface area contributed by atoms with Crippen LogP contribution in [0, 0.1) is 0 Å². The largest absolute Gasteiger partial charge is 0.497 e. The quantitative estimate of drug-likeness (QED) is 0.370. The number of carbonyl (C=O) groups is 2. The Balaban J connectivity index is 2.56. The predicted octanol–water partition coefficient (Wildman–Crippen LogP) is 4.50. The van der Waals surface area contributed by atoms with Gasteiger partial charge in [-0.1, -0.05) is 43.1 Å². The van der Waals surface area contributed by atoms with Gasteiger partial charge in [0.15, 0.2) is 0 Å². The van der Waals surface area contributed by atoms with Crippen molar-refractivity contribution in [1.29, 1.82) is 0 Å². The molecule has 0 aliphatic carbocycles. The van der Waals surface area contributed by atoms with E-state index in [2.05, 4.69) is 5.32 Å². The van der Waals surface area contributed by atoms with E-state index in [1.807, 2.05) is 13.8 Å². The van der Waals surface area contributed by atoms with E-state index < -0.39 is 28.5 Å². The molecule has 1 N–H and O–H groups in total. The molecule has 0 unspecified atom stereocenters. The Bertz CT molecular complexity index is 1240. The first kappa shape index (κ1) is 31.5. The summed E-state index contributed by atoms with van der Waals surface area (Å²) in [6.07, 6.45) is 1.99. The maximum Gasteiger partial charge on any atom is 0.244 e. The molecule has 0 spiro atoms. The van der Waals surface area contributed by atoms with Crippen LogP contribution >= 0.6 is 23.2 Å². The Morgan fingerprint density at radius 2 is 1.71 bits per heavy atom. The summed E-state index contributed by atoms with van der Waals surface area (Å²) < 4.78 is 37.4. The number of amides is 2. The lowest BCUT2D eigenvalue weighted by Crippen LogP contribution is -2.53. The van der Waals surface area contributed by atoms with Gasteiger partial charge in [0.1, 0.15) is 24.1 Å². The number of nitrogens with one attached hydrogen (secondary N) is 1. The van der Waals surface area contributed by atoms with Crippen molar-refractivity contribution in [1.82, 2.24) is 10.2 Å². The lowest BCUT2D eigenvalue weighted by Gasteiger charge is -2.33. The molecule has 0 saturated carbocycles. The van der Waals surface area contributed by atoms with Crippen LogP contribution in [0.3, 0.4) is 0 Å². The first-order valence-corrected chi connectivity index (χ1v) is 14.7. The molecule has 0 aliphatic heterocycles. The molecule has 0 fully saturated rings. The molecule has 2 aromatic rings. The highest BCUT2D eigenvalue weighted by molar-refractivity contribution is 7.92. The highest BCUT2D eigenvalue weighted by atomic mass is 35.5. The van der Waals surface area contributed by atoms with Crippen LogP contribution in [0.15, 0.2) is 36.4 Å². The number of ether oxygens (including phenoxy) is 2. The zero-order valence-electron chi connectivity index (χ0n) is 22.5. The number of rotatable bonds is 13. The number of carbonyl (C=O) groups excluding carboxylic acids is 2. The molecule has 12 heteroatoms. The first-order valence-electron chi connectivity index (χ1n) is 12.1. The summed E-state index contributed by atoms with van der Waals surface area (Å²) in [5.41, 5.74) is 0.688. The smallest absolute Gasteiger partial charge is 0.244 e. The van der Waals surface area contributed by atoms with Gasteiger partial charge in [-0.2, -0.15) is 0 Å². The monoisotopic (exact) mass is 587 g/mol. The molecule has 0 radical (unpaired) electrons. The average Bonchev–Trinajstić information content (AvgIpc) is 2.86. The van der Waals surface area contributed by atoms with Gasteiger partial charge in [-0.3, -0.25) is 13.9 Å². The van der Waals surface area contributed by atoms with Crippen molar-refractivity contribution in [2.75, 3.05) is 31.3 Å². The topological polar surface area (TPSA) is 105 Å². The van der Waals surface area contributed by atoms with Crippen LogP contribution in [-0.2, 0) is 26.2 Å². The fourth-order valence-corrected chi connectivity index (χ4v) is 5.09. The van der Waals surface area contributed by atoms with Crippen molar-refractivity contribution >= 4 is 50.7 Å². The number of halogens is 2. The van der Waals surface area contributed by atoms with Crippen molar-refractivity contribution in [3.63, 3.8) is 0 Å². The van der Waals surface area contributed by atoms with E-state index in [1.165, 1.54) is 25.2 Å². The van der Waals surface area contributed by atoms with Gasteiger partial charge in [0.2, 0.25) is 21.8 Å². The van der Waals surface area contributed by atoms with Gasteiger partial charge >= 0.3 is 0 Å². The van der Waals surface area contributed by atoms with Crippen molar-refractivity contribution in [2.45, 2.75) is 52.2 Å². The fourth-order valence-electron chi connectivity index (χ4n) is 3.78. The van der Waals surface area contributed by atoms with Crippen LogP contribution < -0.4 is 19.1 Å². The number of hydrogen-bond acceptors (Lipinski definition) is 6. The van der Waals surface area contributed by atoms with Crippen LogP contribution in [0.5, 0.6) is 11.5 Å². The summed E-state index contributed by atoms with van der Waals surface area (Å²) in [4.78, 5) is 28.4. The van der Waals surface area contributed by atoms with Gasteiger partial charge in [0.25, 0.3) is 0 Å². The van der Waals surface area contributed by atoms with Crippen molar-refractivity contribution in [3.8, 4) is 11.5 Å². The Labute approximate surface area is 235 Å². The second kappa shape index (κ2) is 13.9. The van der Waals surface area contributed by atoms with E-state index in [1.54, 1.807) is 37.3 Å². The molecule has 9 nitrogen and oxygen atoms in total. The standard InChI is InChI=1S/C26H35Cl2N3O6S/c1-7-17(3)29-26(33)22(8-2)30(15-18-9-10-19(27)13-21(18)28)25(32)16-31(38(6,34)35)23-14-20(36-4)11-12-24(23)37-5/h9-14,17,22H,7-8,15-16H2,1-6H3,(H,29,33)/t17-,22-/m0/s1. The van der Waals surface area contributed by atoms with Crippen LogP contribution in [0.25, 0.3) is 0 Å². The molecular formula is C26H35Cl2N3O6S. The van der Waals surface area contributed by atoms with E-state index in [9.17, 15) is 18.0 Å². The van der Waals surface area contributed by atoms with Crippen molar-refractivity contribution < 1.29 is 27.5 Å². The molecule has 210 valence electrons. The van der Waals surface area contributed by atoms with E-state index in [0.717, 1.165) is 10.6 Å². The maximum absolute atomic E-state index is 13.9. The van der Waals surface area contributed by atoms with E-state index in [0.29, 0.717) is 34.2 Å². The lowest BCUT2D eigenvalue weighted by atomic mass is 10.1. The first-order chi connectivity index (χ1) is 17.9. The Morgan fingerprint density at radius 1 is 1.03 bits per heavy atom. The third-order valence-electron chi connectivity index (χ3n) is 6.08. The summed E-state index contributed by atoms with van der Waals surface area (Å²) in [6.45, 7) is 4.97. The fraction of sp³-hybridized carbons (Fsp3) is 0.462. The van der Waals surface area contributed by atoms with Crippen molar-refractivity contribution in [3.05, 3.63) is 52.0 Å². The second-order valence-electron chi connectivity index (χ2n) is 8.81. The highest BCUT2D eigenvalue weighted by Crippen LogP contribution is 2.34. The molecule has 0 aromatic heterocycles. The molecule has 0 heterocycles. The van der Waals surface area contributed by atoms with Gasteiger partial charge < -0.3 is 19.7 Å². The zero-order valence-corrected chi connectivity index (χ0v) is 24.8. The molecule has 0 bridgehead atoms. The predicted molar refractivity (Wildman–Crippen MR) is 151 cm³/mol. The van der Waals surface area contributed by atoms with Gasteiger partial charge in [-0.05, 0) is 49.6 Å². The molecule has 2 aromatic carbocycles. The van der Waals surface area contributed by atoms with Gasteiger partial charge in [0.05, 0.1) is 26.2 Å². The van der Waals surface area contributed by atoms with Crippen LogP contribution in [0.1, 0.15) is 39.2 Å². The maximum atomic E-state index is 13.9. The number of benzene rings is 2. The number of sulfonamides is 1. The molecule has 2 rings (SSSR count). The number of nitrogens with zero attached hydrogens (tertiary/aromatic N) is 2. The minimum absolute atomic E-state index is 0.0336. The summed E-state index contributed by atoms with van der Waals surface area (Å²) >= 11 is 12.4. The second-order valence-corrected chi connectivity index (χ2v) is 11.6. The van der Waals surface area contributed by atoms with E-state index >= 15 is 0 Å². The molecule has 2 amide bonds. The summed E-state index contributed by atoms with van der Waals surface area (Å²) in [7, 11) is -1.12. The molecule has 38 heavy (non-hydrogen) atoms. The van der Waals surface area contributed by atoms with Gasteiger partial charge in [-0.15, -0.1) is 0 Å². The minimum atomic E-state index is -3.96. The van der Waals surface area contributed by atoms with Gasteiger partial charge in [0, 0.05) is 28.7 Å². The van der Waals surface area contributed by atoms with Crippen LogP contribution in [0.4, 0.5) is 5.69 Å². The number of methoxy groups -OCH3 is 2. The Hall–Kier alpha value is -2.69. The Kier molecular flexibility index (Phi) is 11.5. The molecule has 2 atom stereocenters. The number of hydrogen-bond donors (Lipinski definition) is 1. The van der Waals surface area contributed by atoms with Crippen LogP contribution in [-0.4, -0.2) is 64.2 Å². The van der Waals surface area contributed by atoms with E-state index in [-0.39, 0.29) is 29.9 Å². The number of anilines is 1.